The molecule has 0 spiro atoms. The molecule has 0 saturated carbocycles. The molecule has 1 aliphatic heterocycles. The summed E-state index contributed by atoms with van der Waals surface area (Å²) < 4.78 is 43.1. The van der Waals surface area contributed by atoms with Gasteiger partial charge in [-0.3, -0.25) is 4.90 Å². The number of alkyl halides is 3. The number of hydrogen-bond donors (Lipinski definition) is 1. The molecule has 0 radical (unpaired) electrons. The van der Waals surface area contributed by atoms with E-state index in [1.807, 2.05) is 0 Å². The second kappa shape index (κ2) is 5.66. The average molecular weight is 335 g/mol. The summed E-state index contributed by atoms with van der Waals surface area (Å²) in [5.41, 5.74) is 0.116. The molecule has 118 valence electrons. The van der Waals surface area contributed by atoms with Gasteiger partial charge in [0, 0.05) is 5.69 Å². The van der Waals surface area contributed by atoms with Crippen LogP contribution in [0.25, 0.3) is 0 Å². The number of aliphatic hydroxyl groups is 1. The monoisotopic (exact) mass is 334 g/mol. The third kappa shape index (κ3) is 2.82. The number of nitriles is 1. The quantitative estimate of drug-likeness (QED) is 0.902. The predicted molar refractivity (Wildman–Crippen MR) is 70.4 cm³/mol. The van der Waals surface area contributed by atoms with E-state index >= 15 is 0 Å². The molecule has 1 fully saturated rings. The number of nitrogens with zero attached hydrogens (tertiary/aromatic N) is 2. The van der Waals surface area contributed by atoms with Gasteiger partial charge in [-0.25, -0.2) is 4.79 Å². The third-order valence-electron chi connectivity index (χ3n) is 3.27. The van der Waals surface area contributed by atoms with Crippen LogP contribution in [0.4, 0.5) is 23.7 Å². The first kappa shape index (κ1) is 16.4. The van der Waals surface area contributed by atoms with Gasteiger partial charge in [0.1, 0.15) is 18.2 Å². The van der Waals surface area contributed by atoms with E-state index in [9.17, 15) is 23.1 Å². The van der Waals surface area contributed by atoms with Gasteiger partial charge in [-0.2, -0.15) is 18.4 Å². The molecule has 0 bridgehead atoms. The lowest BCUT2D eigenvalue weighted by atomic mass is 10.0. The van der Waals surface area contributed by atoms with E-state index in [1.165, 1.54) is 25.1 Å². The second-order valence-electron chi connectivity index (χ2n) is 4.71. The predicted octanol–water partition coefficient (Wildman–Crippen LogP) is 2.85. The van der Waals surface area contributed by atoms with Crippen molar-refractivity contribution in [3.05, 3.63) is 28.8 Å². The molecule has 22 heavy (non-hydrogen) atoms. The van der Waals surface area contributed by atoms with Crippen LogP contribution < -0.4 is 4.90 Å². The summed E-state index contributed by atoms with van der Waals surface area (Å²) in [7, 11) is 0. The van der Waals surface area contributed by atoms with Crippen molar-refractivity contribution in [3.63, 3.8) is 0 Å². The Morgan fingerprint density at radius 3 is 2.64 bits per heavy atom. The Morgan fingerprint density at radius 1 is 1.50 bits per heavy atom. The summed E-state index contributed by atoms with van der Waals surface area (Å²) in [6, 6.07) is 3.86. The molecule has 0 unspecified atom stereocenters. The summed E-state index contributed by atoms with van der Waals surface area (Å²) in [6.07, 6.45) is -9.88. The molecule has 1 aliphatic rings. The maximum absolute atomic E-state index is 12.8. The van der Waals surface area contributed by atoms with E-state index < -0.39 is 30.5 Å². The van der Waals surface area contributed by atoms with E-state index in [-0.39, 0.29) is 16.3 Å². The lowest BCUT2D eigenvalue weighted by Gasteiger charge is -2.29. The zero-order valence-electron chi connectivity index (χ0n) is 11.1. The molecule has 1 aromatic rings. The van der Waals surface area contributed by atoms with Crippen LogP contribution in [-0.4, -0.2) is 35.6 Å². The molecule has 9 heteroatoms. The van der Waals surface area contributed by atoms with Crippen LogP contribution in [0.2, 0.25) is 5.02 Å². The average Bonchev–Trinajstić information content (AvgIpc) is 2.71. The maximum atomic E-state index is 12.8. The zero-order valence-corrected chi connectivity index (χ0v) is 11.9. The molecule has 1 saturated heterocycles. The van der Waals surface area contributed by atoms with E-state index in [2.05, 4.69) is 0 Å². The van der Waals surface area contributed by atoms with Crippen LogP contribution in [0.1, 0.15) is 12.5 Å². The molecule has 2 rings (SSSR count). The minimum atomic E-state index is -4.92. The van der Waals surface area contributed by atoms with Gasteiger partial charge in [-0.1, -0.05) is 11.6 Å². The number of carbonyl (C=O) groups excluding carboxylic acids is 1. The number of aliphatic hydroxyl groups excluding tert-OH is 1. The smallest absolute Gasteiger partial charge is 0.416 e. The highest BCUT2D eigenvalue weighted by Crippen LogP contribution is 2.35. The van der Waals surface area contributed by atoms with Crippen molar-refractivity contribution in [1.29, 1.82) is 5.26 Å². The van der Waals surface area contributed by atoms with Gasteiger partial charge in [-0.15, -0.1) is 0 Å². The van der Waals surface area contributed by atoms with Crippen molar-refractivity contribution in [2.75, 3.05) is 4.90 Å². The van der Waals surface area contributed by atoms with E-state index in [1.54, 1.807) is 6.07 Å². The fourth-order valence-electron chi connectivity index (χ4n) is 2.23. The minimum absolute atomic E-state index is 0.00616. The summed E-state index contributed by atoms with van der Waals surface area (Å²) in [4.78, 5) is 12.5. The Balaban J connectivity index is 2.44. The second-order valence-corrected chi connectivity index (χ2v) is 5.12. The number of halogens is 4. The van der Waals surface area contributed by atoms with Crippen molar-refractivity contribution >= 4 is 23.4 Å². The Labute approximate surface area is 128 Å². The number of rotatable bonds is 2. The highest BCUT2D eigenvalue weighted by molar-refractivity contribution is 6.32. The summed E-state index contributed by atoms with van der Waals surface area (Å²) in [5, 5.41) is 18.3. The van der Waals surface area contributed by atoms with Gasteiger partial charge in [0.25, 0.3) is 0 Å². The van der Waals surface area contributed by atoms with Crippen LogP contribution in [0.3, 0.4) is 0 Å². The van der Waals surface area contributed by atoms with Crippen LogP contribution in [0.5, 0.6) is 0 Å². The molecule has 1 N–H and O–H groups in total. The highest BCUT2D eigenvalue weighted by atomic mass is 35.5. The molecular weight excluding hydrogens is 325 g/mol. The molecule has 1 aromatic carbocycles. The van der Waals surface area contributed by atoms with E-state index in [4.69, 9.17) is 21.6 Å². The Morgan fingerprint density at radius 2 is 2.14 bits per heavy atom. The standard InChI is InChI=1S/C13H10ClF3N2O3/c1-6-10(11(20)13(15,16)17)19(12(21)22-6)8-3-2-7(5-18)9(14)4-8/h2-4,6,10-11,20H,1H3/t6-,10+,11+/m1/s1. The molecule has 0 aliphatic carbocycles. The van der Waals surface area contributed by atoms with Crippen LogP contribution in [0, 0.1) is 11.3 Å². The Bertz CT molecular complexity index is 644. The first-order valence-corrected chi connectivity index (χ1v) is 6.49. The van der Waals surface area contributed by atoms with Crippen molar-refractivity contribution in [2.24, 2.45) is 0 Å². The maximum Gasteiger partial charge on any atom is 0.416 e. The lowest BCUT2D eigenvalue weighted by Crippen LogP contribution is -2.51. The number of anilines is 1. The number of cyclic esters (lactones) is 1. The summed E-state index contributed by atoms with van der Waals surface area (Å²) >= 11 is 5.82. The number of amides is 1. The van der Waals surface area contributed by atoms with Crippen molar-refractivity contribution in [1.82, 2.24) is 0 Å². The van der Waals surface area contributed by atoms with Gasteiger partial charge in [0.2, 0.25) is 0 Å². The number of carbonyl (C=O) groups is 1. The molecule has 0 aromatic heterocycles. The van der Waals surface area contributed by atoms with Crippen LogP contribution >= 0.6 is 11.6 Å². The van der Waals surface area contributed by atoms with Gasteiger partial charge in [0.15, 0.2) is 6.10 Å². The van der Waals surface area contributed by atoms with Crippen molar-refractivity contribution in [3.8, 4) is 6.07 Å². The molecular formula is C13H10ClF3N2O3. The van der Waals surface area contributed by atoms with Crippen molar-refractivity contribution in [2.45, 2.75) is 31.3 Å². The van der Waals surface area contributed by atoms with Gasteiger partial charge in [0.05, 0.1) is 10.6 Å². The largest absolute Gasteiger partial charge is 0.444 e. The van der Waals surface area contributed by atoms with Gasteiger partial charge < -0.3 is 9.84 Å². The fourth-order valence-corrected chi connectivity index (χ4v) is 2.45. The first-order valence-electron chi connectivity index (χ1n) is 6.11. The van der Waals surface area contributed by atoms with E-state index in [0.717, 1.165) is 0 Å². The van der Waals surface area contributed by atoms with E-state index in [0.29, 0.717) is 4.90 Å². The topological polar surface area (TPSA) is 73.6 Å². The first-order chi connectivity index (χ1) is 10.2. The van der Waals surface area contributed by atoms with Gasteiger partial charge in [-0.05, 0) is 25.1 Å². The molecule has 1 amide bonds. The number of benzene rings is 1. The Hall–Kier alpha value is -1.98. The SMILES string of the molecule is C[C@H]1OC(=O)N(c2ccc(C#N)c(Cl)c2)[C@@H]1[C@H](O)C(F)(F)F. The lowest BCUT2D eigenvalue weighted by molar-refractivity contribution is -0.212. The summed E-state index contributed by atoms with van der Waals surface area (Å²) in [5.74, 6) is 0. The zero-order chi connectivity index (χ0) is 16.7. The van der Waals surface area contributed by atoms with Crippen LogP contribution in [0.15, 0.2) is 18.2 Å². The summed E-state index contributed by atoms with van der Waals surface area (Å²) in [6.45, 7) is 1.25. The third-order valence-corrected chi connectivity index (χ3v) is 3.59. The molecule has 5 nitrogen and oxygen atoms in total. The molecule has 1 heterocycles. The van der Waals surface area contributed by atoms with Gasteiger partial charge >= 0.3 is 12.3 Å². The fraction of sp³-hybridized carbons (Fsp3) is 0.385. The highest BCUT2D eigenvalue weighted by Gasteiger charge is 2.54. The van der Waals surface area contributed by atoms with Crippen LogP contribution in [-0.2, 0) is 4.74 Å². The Kier molecular flexibility index (Phi) is 4.22. The number of ether oxygens (including phenoxy) is 1. The normalized spacial score (nSPS) is 23.1. The molecule has 3 atom stereocenters. The van der Waals surface area contributed by atoms with Crippen molar-refractivity contribution < 1.29 is 27.8 Å². The minimum Gasteiger partial charge on any atom is -0.444 e. The number of hydrogen-bond acceptors (Lipinski definition) is 4.